The molecule has 0 aliphatic rings. The molecule has 0 amide bonds. The molecule has 0 saturated carbocycles. The van der Waals surface area contributed by atoms with E-state index in [4.69, 9.17) is 0 Å². The van der Waals surface area contributed by atoms with Gasteiger partial charge in [-0.05, 0) is 18.2 Å². The first-order valence-corrected chi connectivity index (χ1v) is 9.86. The fourth-order valence-electron chi connectivity index (χ4n) is 4.07. The number of hydrogen-bond donors (Lipinski definition) is 0. The number of para-hydroxylation sites is 1. The second kappa shape index (κ2) is 7.12. The molecule has 0 bridgehead atoms. The van der Waals surface area contributed by atoms with E-state index < -0.39 is 0 Å². The SMILES string of the molecule is Cn1c2ccccc2c2cc(C(=O)c3ccccc3)c(C(=O)c3ccccc3)cc21. The summed E-state index contributed by atoms with van der Waals surface area (Å²) in [5.74, 6) is -0.299. The van der Waals surface area contributed by atoms with E-state index >= 15 is 0 Å². The third-order valence-corrected chi connectivity index (χ3v) is 5.61. The highest BCUT2D eigenvalue weighted by Crippen LogP contribution is 2.32. The van der Waals surface area contributed by atoms with E-state index in [1.165, 1.54) is 0 Å². The summed E-state index contributed by atoms with van der Waals surface area (Å²) in [7, 11) is 1.99. The maximum Gasteiger partial charge on any atom is 0.193 e. The van der Waals surface area contributed by atoms with Gasteiger partial charge in [-0.3, -0.25) is 9.59 Å². The number of aryl methyl sites for hydroxylation is 1. The Morgan fingerprint density at radius 2 is 1.07 bits per heavy atom. The molecule has 1 aromatic heterocycles. The zero-order chi connectivity index (χ0) is 20.7. The molecule has 0 aliphatic carbocycles. The fourth-order valence-corrected chi connectivity index (χ4v) is 4.07. The molecule has 0 saturated heterocycles. The number of carbonyl (C=O) groups excluding carboxylic acids is 2. The minimum Gasteiger partial charge on any atom is -0.344 e. The van der Waals surface area contributed by atoms with Crippen LogP contribution in [0.15, 0.2) is 97.1 Å². The smallest absolute Gasteiger partial charge is 0.193 e. The van der Waals surface area contributed by atoms with Crippen LogP contribution in [0.4, 0.5) is 0 Å². The molecule has 144 valence electrons. The number of hydrogen-bond acceptors (Lipinski definition) is 2. The van der Waals surface area contributed by atoms with Gasteiger partial charge in [0.05, 0.1) is 0 Å². The first-order valence-electron chi connectivity index (χ1n) is 9.86. The topological polar surface area (TPSA) is 39.1 Å². The van der Waals surface area contributed by atoms with Crippen LogP contribution in [0.2, 0.25) is 0 Å². The normalized spacial score (nSPS) is 11.1. The third-order valence-electron chi connectivity index (χ3n) is 5.61. The van der Waals surface area contributed by atoms with Crippen LogP contribution < -0.4 is 0 Å². The Labute approximate surface area is 174 Å². The van der Waals surface area contributed by atoms with E-state index in [2.05, 4.69) is 4.57 Å². The molecular weight excluding hydrogens is 370 g/mol. The summed E-state index contributed by atoms with van der Waals surface area (Å²) < 4.78 is 2.07. The molecule has 3 nitrogen and oxygen atoms in total. The monoisotopic (exact) mass is 389 g/mol. The molecule has 5 rings (SSSR count). The molecular formula is C27H19NO2. The Balaban J connectivity index is 1.82. The van der Waals surface area contributed by atoms with Crippen LogP contribution in [0, 0.1) is 0 Å². The summed E-state index contributed by atoms with van der Waals surface area (Å²) in [5.41, 5.74) is 3.99. The average Bonchev–Trinajstić information content (AvgIpc) is 3.10. The Bertz CT molecular complexity index is 1410. The molecule has 0 aliphatic heterocycles. The van der Waals surface area contributed by atoms with Crippen molar-refractivity contribution in [1.82, 2.24) is 4.57 Å². The van der Waals surface area contributed by atoms with Gasteiger partial charge in [0, 0.05) is 51.1 Å². The predicted molar refractivity (Wildman–Crippen MR) is 120 cm³/mol. The molecule has 0 N–H and O–H groups in total. The molecule has 0 atom stereocenters. The van der Waals surface area contributed by atoms with Gasteiger partial charge in [-0.2, -0.15) is 0 Å². The van der Waals surface area contributed by atoms with E-state index in [0.29, 0.717) is 22.3 Å². The maximum atomic E-state index is 13.4. The molecule has 3 heteroatoms. The van der Waals surface area contributed by atoms with Crippen molar-refractivity contribution in [2.75, 3.05) is 0 Å². The molecule has 0 fully saturated rings. The van der Waals surface area contributed by atoms with Crippen LogP contribution in [0.3, 0.4) is 0 Å². The van der Waals surface area contributed by atoms with E-state index in [-0.39, 0.29) is 11.6 Å². The van der Waals surface area contributed by atoms with Gasteiger partial charge in [-0.25, -0.2) is 0 Å². The highest BCUT2D eigenvalue weighted by atomic mass is 16.1. The largest absolute Gasteiger partial charge is 0.344 e. The first-order chi connectivity index (χ1) is 14.6. The third kappa shape index (κ3) is 2.83. The van der Waals surface area contributed by atoms with Gasteiger partial charge in [0.1, 0.15) is 0 Å². The Kier molecular flexibility index (Phi) is 4.29. The Morgan fingerprint density at radius 1 is 0.567 bits per heavy atom. The summed E-state index contributed by atoms with van der Waals surface area (Å²) in [6.07, 6.45) is 0. The lowest BCUT2D eigenvalue weighted by Gasteiger charge is -2.10. The predicted octanol–water partition coefficient (Wildman–Crippen LogP) is 5.79. The average molecular weight is 389 g/mol. The number of ketones is 2. The number of fused-ring (bicyclic) bond motifs is 3. The second-order valence-electron chi connectivity index (χ2n) is 7.38. The summed E-state index contributed by atoms with van der Waals surface area (Å²) >= 11 is 0. The molecule has 0 unspecified atom stereocenters. The van der Waals surface area contributed by atoms with Crippen molar-refractivity contribution in [1.29, 1.82) is 0 Å². The summed E-state index contributed by atoms with van der Waals surface area (Å²) in [5, 5.41) is 2.04. The van der Waals surface area contributed by atoms with Crippen LogP contribution in [0.1, 0.15) is 31.8 Å². The lowest BCUT2D eigenvalue weighted by molar-refractivity contribution is 0.100. The lowest BCUT2D eigenvalue weighted by atomic mass is 9.91. The molecule has 0 spiro atoms. The van der Waals surface area contributed by atoms with Crippen molar-refractivity contribution in [3.8, 4) is 0 Å². The zero-order valence-electron chi connectivity index (χ0n) is 16.5. The lowest BCUT2D eigenvalue weighted by Crippen LogP contribution is -2.11. The van der Waals surface area contributed by atoms with E-state index in [1.807, 2.05) is 79.8 Å². The molecule has 30 heavy (non-hydrogen) atoms. The maximum absolute atomic E-state index is 13.4. The van der Waals surface area contributed by atoms with Gasteiger partial charge in [-0.15, -0.1) is 0 Å². The molecule has 0 radical (unpaired) electrons. The number of benzene rings is 4. The van der Waals surface area contributed by atoms with Gasteiger partial charge in [0.2, 0.25) is 0 Å². The van der Waals surface area contributed by atoms with Gasteiger partial charge in [0.25, 0.3) is 0 Å². The quantitative estimate of drug-likeness (QED) is 0.365. The molecule has 5 aromatic rings. The first kappa shape index (κ1) is 18.1. The number of carbonyl (C=O) groups is 2. The summed E-state index contributed by atoms with van der Waals surface area (Å²) in [6, 6.07) is 30.0. The van der Waals surface area contributed by atoms with Crippen molar-refractivity contribution in [2.45, 2.75) is 0 Å². The Morgan fingerprint density at radius 3 is 1.67 bits per heavy atom. The highest BCUT2D eigenvalue weighted by Gasteiger charge is 2.22. The van der Waals surface area contributed by atoms with Gasteiger partial charge >= 0.3 is 0 Å². The van der Waals surface area contributed by atoms with Crippen LogP contribution in [0.25, 0.3) is 21.8 Å². The molecule has 1 heterocycles. The van der Waals surface area contributed by atoms with E-state index in [0.717, 1.165) is 21.8 Å². The number of rotatable bonds is 4. The molecule has 4 aromatic carbocycles. The number of aromatic nitrogens is 1. The Hall–Kier alpha value is -3.98. The summed E-state index contributed by atoms with van der Waals surface area (Å²) in [6.45, 7) is 0. The van der Waals surface area contributed by atoms with Crippen molar-refractivity contribution >= 4 is 33.4 Å². The van der Waals surface area contributed by atoms with Gasteiger partial charge in [-0.1, -0.05) is 78.9 Å². The van der Waals surface area contributed by atoms with Crippen LogP contribution >= 0.6 is 0 Å². The van der Waals surface area contributed by atoms with E-state index in [9.17, 15) is 9.59 Å². The minimum absolute atomic E-state index is 0.148. The van der Waals surface area contributed by atoms with Gasteiger partial charge < -0.3 is 4.57 Å². The van der Waals surface area contributed by atoms with Crippen molar-refractivity contribution in [3.05, 3.63) is 119 Å². The summed E-state index contributed by atoms with van der Waals surface area (Å²) in [4.78, 5) is 26.8. The van der Waals surface area contributed by atoms with Gasteiger partial charge in [0.15, 0.2) is 11.6 Å². The minimum atomic E-state index is -0.151. The van der Waals surface area contributed by atoms with Crippen LogP contribution in [-0.4, -0.2) is 16.1 Å². The van der Waals surface area contributed by atoms with Crippen LogP contribution in [-0.2, 0) is 7.05 Å². The number of nitrogens with zero attached hydrogens (tertiary/aromatic N) is 1. The second-order valence-corrected chi connectivity index (χ2v) is 7.38. The van der Waals surface area contributed by atoms with Crippen molar-refractivity contribution in [2.24, 2.45) is 7.05 Å². The fraction of sp³-hybridized carbons (Fsp3) is 0.0370. The van der Waals surface area contributed by atoms with Crippen molar-refractivity contribution < 1.29 is 9.59 Å². The van der Waals surface area contributed by atoms with Crippen molar-refractivity contribution in [3.63, 3.8) is 0 Å². The highest BCUT2D eigenvalue weighted by molar-refractivity contribution is 6.23. The van der Waals surface area contributed by atoms with Crippen LogP contribution in [0.5, 0.6) is 0 Å². The zero-order valence-corrected chi connectivity index (χ0v) is 16.5. The van der Waals surface area contributed by atoms with E-state index in [1.54, 1.807) is 24.3 Å². The standard InChI is InChI=1S/C27H19NO2/c1-28-24-15-9-8-14-20(24)21-16-22(26(29)18-10-4-2-5-11-18)23(17-25(21)28)27(30)19-12-6-3-7-13-19/h2-17H,1H3.